The Bertz CT molecular complexity index is 1050. The van der Waals surface area contributed by atoms with Crippen LogP contribution >= 0.6 is 35.0 Å². The van der Waals surface area contributed by atoms with E-state index in [2.05, 4.69) is 20.1 Å². The molecule has 0 radical (unpaired) electrons. The highest BCUT2D eigenvalue weighted by Gasteiger charge is 2.23. The summed E-state index contributed by atoms with van der Waals surface area (Å²) in [6.45, 7) is 4.61. The summed E-state index contributed by atoms with van der Waals surface area (Å²) in [7, 11) is 0. The molecule has 3 heterocycles. The molecule has 4 rings (SSSR count). The molecule has 1 aliphatic heterocycles. The fraction of sp³-hybridized carbons (Fsp3) is 0.300. The standard InChI is InChI=1S/C20H20Cl2N6OS/c1-14-4-5-15(11-17(14)22)28-13-24-25-20(28)30-12-18(29)26-7-9-27(10-8-26)19-16(21)3-2-6-23-19/h2-6,11,13H,7-10,12H2,1H3. The maximum absolute atomic E-state index is 12.7. The summed E-state index contributed by atoms with van der Waals surface area (Å²) >= 11 is 13.8. The van der Waals surface area contributed by atoms with Crippen LogP contribution in [0.15, 0.2) is 48.0 Å². The molecule has 1 saturated heterocycles. The van der Waals surface area contributed by atoms with Gasteiger partial charge in [-0.1, -0.05) is 41.0 Å². The second kappa shape index (κ2) is 9.24. The molecule has 7 nitrogen and oxygen atoms in total. The van der Waals surface area contributed by atoms with Crippen molar-refractivity contribution >= 4 is 46.7 Å². The largest absolute Gasteiger partial charge is 0.352 e. The average Bonchev–Trinajstić information content (AvgIpc) is 3.23. The van der Waals surface area contributed by atoms with E-state index in [1.165, 1.54) is 11.8 Å². The van der Waals surface area contributed by atoms with Crippen LogP contribution in [0.4, 0.5) is 5.82 Å². The minimum atomic E-state index is 0.0725. The van der Waals surface area contributed by atoms with Crippen LogP contribution in [0.2, 0.25) is 10.0 Å². The van der Waals surface area contributed by atoms with Gasteiger partial charge >= 0.3 is 0 Å². The highest BCUT2D eigenvalue weighted by atomic mass is 35.5. The Kier molecular flexibility index (Phi) is 6.46. The lowest BCUT2D eigenvalue weighted by Crippen LogP contribution is -2.49. The highest BCUT2D eigenvalue weighted by Crippen LogP contribution is 2.25. The molecule has 0 aliphatic carbocycles. The van der Waals surface area contributed by atoms with E-state index in [1.807, 2.05) is 46.7 Å². The summed E-state index contributed by atoms with van der Waals surface area (Å²) < 4.78 is 1.84. The SMILES string of the molecule is Cc1ccc(-n2cnnc2SCC(=O)N2CCN(c3ncccc3Cl)CC2)cc1Cl. The number of nitrogens with zero attached hydrogens (tertiary/aromatic N) is 6. The predicted molar refractivity (Wildman–Crippen MR) is 120 cm³/mol. The number of benzene rings is 1. The van der Waals surface area contributed by atoms with Crippen molar-refractivity contribution in [1.82, 2.24) is 24.6 Å². The zero-order chi connectivity index (χ0) is 21.1. The molecule has 30 heavy (non-hydrogen) atoms. The van der Waals surface area contributed by atoms with E-state index in [4.69, 9.17) is 23.2 Å². The molecule has 0 atom stereocenters. The van der Waals surface area contributed by atoms with E-state index < -0.39 is 0 Å². The van der Waals surface area contributed by atoms with Gasteiger partial charge in [0.05, 0.1) is 16.5 Å². The number of aromatic nitrogens is 4. The summed E-state index contributed by atoms with van der Waals surface area (Å²) in [4.78, 5) is 21.0. The van der Waals surface area contributed by atoms with Crippen molar-refractivity contribution in [3.8, 4) is 5.69 Å². The van der Waals surface area contributed by atoms with E-state index in [-0.39, 0.29) is 5.91 Å². The second-order valence-electron chi connectivity index (χ2n) is 6.88. The zero-order valence-corrected chi connectivity index (χ0v) is 18.7. The van der Waals surface area contributed by atoms with Crippen LogP contribution in [0.1, 0.15) is 5.56 Å². The first-order valence-corrected chi connectivity index (χ1v) is 11.2. The van der Waals surface area contributed by atoms with Gasteiger partial charge in [-0.15, -0.1) is 10.2 Å². The predicted octanol–water partition coefficient (Wildman–Crippen LogP) is 3.72. The van der Waals surface area contributed by atoms with Crippen LogP contribution in [-0.2, 0) is 4.79 Å². The van der Waals surface area contributed by atoms with Crippen LogP contribution in [0, 0.1) is 6.92 Å². The number of hydrogen-bond donors (Lipinski definition) is 0. The Balaban J connectivity index is 1.35. The Morgan fingerprint density at radius 1 is 1.13 bits per heavy atom. The molecule has 0 saturated carbocycles. The molecule has 1 fully saturated rings. The molecule has 1 aliphatic rings. The monoisotopic (exact) mass is 462 g/mol. The number of thioether (sulfide) groups is 1. The molecule has 0 bridgehead atoms. The van der Waals surface area contributed by atoms with Gasteiger partial charge in [0.25, 0.3) is 0 Å². The number of rotatable bonds is 5. The summed E-state index contributed by atoms with van der Waals surface area (Å²) in [5.41, 5.74) is 1.87. The van der Waals surface area contributed by atoms with E-state index in [9.17, 15) is 4.79 Å². The molecule has 10 heteroatoms. The van der Waals surface area contributed by atoms with E-state index >= 15 is 0 Å². The van der Waals surface area contributed by atoms with Crippen LogP contribution < -0.4 is 4.90 Å². The molecule has 0 spiro atoms. The van der Waals surface area contributed by atoms with Crippen molar-refractivity contribution in [3.05, 3.63) is 58.5 Å². The first-order valence-electron chi connectivity index (χ1n) is 9.45. The third-order valence-electron chi connectivity index (χ3n) is 4.95. The Morgan fingerprint density at radius 2 is 1.93 bits per heavy atom. The maximum atomic E-state index is 12.7. The van der Waals surface area contributed by atoms with E-state index in [0.29, 0.717) is 47.1 Å². The molecule has 2 aromatic heterocycles. The molecular formula is C20H20Cl2N6OS. The fourth-order valence-electron chi connectivity index (χ4n) is 3.23. The van der Waals surface area contributed by atoms with Gasteiger partial charge in [0.2, 0.25) is 5.91 Å². The van der Waals surface area contributed by atoms with Gasteiger partial charge in [-0.2, -0.15) is 0 Å². The summed E-state index contributed by atoms with van der Waals surface area (Å²) in [5, 5.41) is 10.1. The smallest absolute Gasteiger partial charge is 0.233 e. The van der Waals surface area contributed by atoms with Crippen LogP contribution in [-0.4, -0.2) is 62.5 Å². The number of carbonyl (C=O) groups is 1. The highest BCUT2D eigenvalue weighted by molar-refractivity contribution is 7.99. The number of piperazine rings is 1. The number of pyridine rings is 1. The van der Waals surface area contributed by atoms with Crippen molar-refractivity contribution in [2.45, 2.75) is 12.1 Å². The van der Waals surface area contributed by atoms with Gasteiger partial charge in [0, 0.05) is 37.4 Å². The van der Waals surface area contributed by atoms with E-state index in [1.54, 1.807) is 12.5 Å². The van der Waals surface area contributed by atoms with E-state index in [0.717, 1.165) is 17.1 Å². The Hall–Kier alpha value is -2.29. The van der Waals surface area contributed by atoms with Gasteiger partial charge in [-0.25, -0.2) is 4.98 Å². The van der Waals surface area contributed by atoms with Crippen LogP contribution in [0.25, 0.3) is 5.69 Å². The number of anilines is 1. The Morgan fingerprint density at radius 3 is 2.67 bits per heavy atom. The van der Waals surface area contributed by atoms with Crippen LogP contribution in [0.3, 0.4) is 0 Å². The normalized spacial score (nSPS) is 14.2. The Labute approximate surface area is 189 Å². The summed E-state index contributed by atoms with van der Waals surface area (Å²) in [6, 6.07) is 9.42. The molecule has 1 amide bonds. The molecule has 3 aromatic rings. The fourth-order valence-corrected chi connectivity index (χ4v) is 4.47. The van der Waals surface area contributed by atoms with Crippen molar-refractivity contribution < 1.29 is 4.79 Å². The van der Waals surface area contributed by atoms with Crippen LogP contribution in [0.5, 0.6) is 0 Å². The van der Waals surface area contributed by atoms with Gasteiger partial charge < -0.3 is 9.80 Å². The van der Waals surface area contributed by atoms with Gasteiger partial charge in [-0.05, 0) is 36.8 Å². The molecule has 156 valence electrons. The quantitative estimate of drug-likeness (QED) is 0.538. The zero-order valence-electron chi connectivity index (χ0n) is 16.3. The third-order valence-corrected chi connectivity index (χ3v) is 6.58. The second-order valence-corrected chi connectivity index (χ2v) is 8.64. The number of carbonyl (C=O) groups excluding carboxylic acids is 1. The average molecular weight is 463 g/mol. The lowest BCUT2D eigenvalue weighted by Gasteiger charge is -2.35. The van der Waals surface area contributed by atoms with Crippen molar-refractivity contribution in [2.24, 2.45) is 0 Å². The topological polar surface area (TPSA) is 67.2 Å². The molecule has 0 unspecified atom stereocenters. The molecule has 1 aromatic carbocycles. The van der Waals surface area contributed by atoms with Crippen molar-refractivity contribution in [2.75, 3.05) is 36.8 Å². The van der Waals surface area contributed by atoms with Crippen molar-refractivity contribution in [3.63, 3.8) is 0 Å². The lowest BCUT2D eigenvalue weighted by molar-refractivity contribution is -0.128. The minimum Gasteiger partial charge on any atom is -0.352 e. The third kappa shape index (κ3) is 4.55. The minimum absolute atomic E-state index is 0.0725. The number of aryl methyl sites for hydroxylation is 1. The molecular weight excluding hydrogens is 443 g/mol. The van der Waals surface area contributed by atoms with Crippen molar-refractivity contribution in [1.29, 1.82) is 0 Å². The van der Waals surface area contributed by atoms with Gasteiger partial charge in [-0.3, -0.25) is 9.36 Å². The van der Waals surface area contributed by atoms with Gasteiger partial charge in [0.15, 0.2) is 5.16 Å². The summed E-state index contributed by atoms with van der Waals surface area (Å²) in [6.07, 6.45) is 3.36. The van der Waals surface area contributed by atoms with Gasteiger partial charge in [0.1, 0.15) is 12.1 Å². The lowest BCUT2D eigenvalue weighted by atomic mass is 10.2. The number of halogens is 2. The molecule has 0 N–H and O–H groups in total. The first-order chi connectivity index (χ1) is 14.5. The number of hydrogen-bond acceptors (Lipinski definition) is 6. The first kappa shape index (κ1) is 21.0. The number of amides is 1. The maximum Gasteiger partial charge on any atom is 0.233 e. The summed E-state index contributed by atoms with van der Waals surface area (Å²) in [5.74, 6) is 1.14.